The molecule has 0 radical (unpaired) electrons. The zero-order valence-corrected chi connectivity index (χ0v) is 16.9. The number of alkyl halides is 2. The quantitative estimate of drug-likeness (QED) is 0.805. The molecule has 2 unspecified atom stereocenters. The highest BCUT2D eigenvalue weighted by Crippen LogP contribution is 2.66. The monoisotopic (exact) mass is 398 g/mol. The molecule has 2 atom stereocenters. The minimum Gasteiger partial charge on any atom is -0.391 e. The van der Waals surface area contributed by atoms with E-state index in [4.69, 9.17) is 0 Å². The van der Waals surface area contributed by atoms with Crippen molar-refractivity contribution in [1.29, 1.82) is 0 Å². The first kappa shape index (κ1) is 18.8. The summed E-state index contributed by atoms with van der Waals surface area (Å²) in [6.07, 6.45) is 4.16. The van der Waals surface area contributed by atoms with Gasteiger partial charge in [-0.05, 0) is 55.2 Å². The Hall–Kier alpha value is -2.17. The average molecular weight is 398 g/mol. The van der Waals surface area contributed by atoms with Gasteiger partial charge < -0.3 is 10.2 Å². The van der Waals surface area contributed by atoms with Gasteiger partial charge >= 0.3 is 0 Å². The molecule has 1 amide bonds. The molecule has 3 nitrogen and oxygen atoms in total. The number of fused-ring (bicyclic) bond motifs is 1. The van der Waals surface area contributed by atoms with Gasteiger partial charge in [0, 0.05) is 31.3 Å². The van der Waals surface area contributed by atoms with Crippen molar-refractivity contribution in [3.63, 3.8) is 0 Å². The second-order valence-electron chi connectivity index (χ2n) is 9.75. The van der Waals surface area contributed by atoms with E-state index in [-0.39, 0.29) is 31.1 Å². The third kappa shape index (κ3) is 2.84. The molecule has 4 aliphatic carbocycles. The first-order chi connectivity index (χ1) is 13.8. The molecule has 6 rings (SSSR count). The van der Waals surface area contributed by atoms with Crippen molar-refractivity contribution >= 4 is 11.6 Å². The van der Waals surface area contributed by atoms with E-state index in [0.717, 1.165) is 22.5 Å². The molecule has 29 heavy (non-hydrogen) atoms. The van der Waals surface area contributed by atoms with Crippen molar-refractivity contribution in [2.75, 3.05) is 18.5 Å². The van der Waals surface area contributed by atoms with E-state index in [1.807, 2.05) is 31.3 Å². The van der Waals surface area contributed by atoms with E-state index >= 15 is 8.78 Å². The molecule has 5 aliphatic rings. The molecule has 0 spiro atoms. The largest absolute Gasteiger partial charge is 0.391 e. The van der Waals surface area contributed by atoms with E-state index < -0.39 is 16.8 Å². The Kier molecular flexibility index (Phi) is 4.00. The highest BCUT2D eigenvalue weighted by molar-refractivity contribution is 5.99. The summed E-state index contributed by atoms with van der Waals surface area (Å²) in [6, 6.07) is 7.85. The molecular weight excluding hydrogens is 370 g/mol. The summed E-state index contributed by atoms with van der Waals surface area (Å²) in [7, 11) is 1.87. The van der Waals surface area contributed by atoms with Gasteiger partial charge in [0.1, 0.15) is 11.3 Å². The van der Waals surface area contributed by atoms with Crippen LogP contribution in [0, 0.1) is 11.3 Å². The van der Waals surface area contributed by atoms with E-state index in [1.54, 1.807) is 11.0 Å². The third-order valence-corrected chi connectivity index (χ3v) is 7.55. The van der Waals surface area contributed by atoms with Crippen LogP contribution >= 0.6 is 0 Å². The van der Waals surface area contributed by atoms with Crippen LogP contribution in [0.2, 0.25) is 0 Å². The number of carbonyl (C=O) groups is 1. The van der Waals surface area contributed by atoms with Gasteiger partial charge in [0.25, 0.3) is 0 Å². The number of halogens is 2. The van der Waals surface area contributed by atoms with Crippen LogP contribution in [0.3, 0.4) is 0 Å². The number of carbonyl (C=O) groups excluding carboxylic acids is 1. The van der Waals surface area contributed by atoms with Crippen LogP contribution in [0.1, 0.15) is 44.1 Å². The number of nitrogens with one attached hydrogen (secondary N) is 1. The second kappa shape index (κ2) is 6.16. The number of benzene rings is 1. The van der Waals surface area contributed by atoms with Crippen LogP contribution in [0.4, 0.5) is 14.5 Å². The minimum absolute atomic E-state index is 0.0327. The molecule has 154 valence electrons. The number of hydrogen-bond acceptors (Lipinski definition) is 2. The lowest BCUT2D eigenvalue weighted by Crippen LogP contribution is -2.64. The summed E-state index contributed by atoms with van der Waals surface area (Å²) >= 11 is 0. The summed E-state index contributed by atoms with van der Waals surface area (Å²) in [6.45, 7) is 4.31. The summed E-state index contributed by atoms with van der Waals surface area (Å²) in [5, 5.41) is 3.24. The topological polar surface area (TPSA) is 32.3 Å². The molecule has 5 heteroatoms. The molecule has 4 fully saturated rings. The van der Waals surface area contributed by atoms with Crippen LogP contribution in [0.5, 0.6) is 0 Å². The van der Waals surface area contributed by atoms with Crippen molar-refractivity contribution in [3.8, 4) is 0 Å². The van der Waals surface area contributed by atoms with E-state index in [9.17, 15) is 4.79 Å². The van der Waals surface area contributed by atoms with Crippen molar-refractivity contribution in [3.05, 3.63) is 53.8 Å². The average Bonchev–Trinajstić information content (AvgIpc) is 2.81. The number of hydrogen-bond donors (Lipinski definition) is 1. The minimum atomic E-state index is -1.54. The van der Waals surface area contributed by atoms with Gasteiger partial charge in [-0.3, -0.25) is 4.79 Å². The number of likely N-dealkylation sites (N-methyl/N-ethyl adjacent to an activating group) is 1. The van der Waals surface area contributed by atoms with Crippen molar-refractivity contribution in [2.45, 2.75) is 56.3 Å². The van der Waals surface area contributed by atoms with Crippen LogP contribution in [-0.4, -0.2) is 30.8 Å². The smallest absolute Gasteiger partial charge is 0.233 e. The van der Waals surface area contributed by atoms with E-state index in [1.165, 1.54) is 0 Å². The fourth-order valence-electron chi connectivity index (χ4n) is 6.93. The fraction of sp³-hybridized carbons (Fsp3) is 0.542. The number of nitrogens with zero attached hydrogens (tertiary/aromatic N) is 1. The van der Waals surface area contributed by atoms with Crippen molar-refractivity contribution in [1.82, 2.24) is 5.32 Å². The van der Waals surface area contributed by atoms with Crippen molar-refractivity contribution < 1.29 is 13.6 Å². The second-order valence-corrected chi connectivity index (χ2v) is 9.75. The molecule has 0 aromatic heterocycles. The maximum atomic E-state index is 15.5. The molecular formula is C24H28F2N2O. The Bertz CT molecular complexity index is 905. The molecule has 1 aromatic rings. The highest BCUT2D eigenvalue weighted by Gasteiger charge is 2.67. The molecule has 1 aliphatic heterocycles. The van der Waals surface area contributed by atoms with Crippen LogP contribution in [0.25, 0.3) is 0 Å². The van der Waals surface area contributed by atoms with Gasteiger partial charge in [-0.1, -0.05) is 30.9 Å². The number of para-hydroxylation sites is 1. The Morgan fingerprint density at radius 1 is 1.17 bits per heavy atom. The van der Waals surface area contributed by atoms with Gasteiger partial charge in [-0.25, -0.2) is 8.78 Å². The third-order valence-electron chi connectivity index (χ3n) is 7.55. The Morgan fingerprint density at radius 3 is 2.48 bits per heavy atom. The SMILES string of the molecule is C=CC1=C(NC)Cc2ccccc2N(C(=O)C23CC4CC(F)(CC(F)(C4)C2)C3)C1. The fourth-order valence-corrected chi connectivity index (χ4v) is 6.93. The number of rotatable bonds is 3. The first-order valence-corrected chi connectivity index (χ1v) is 10.6. The van der Waals surface area contributed by atoms with Crippen LogP contribution < -0.4 is 10.2 Å². The molecule has 1 heterocycles. The molecule has 4 bridgehead atoms. The van der Waals surface area contributed by atoms with Gasteiger partial charge in [0.2, 0.25) is 5.91 Å². The maximum Gasteiger partial charge on any atom is 0.233 e. The zero-order chi connectivity index (χ0) is 20.4. The maximum absolute atomic E-state index is 15.5. The lowest BCUT2D eigenvalue weighted by molar-refractivity contribution is -0.183. The first-order valence-electron chi connectivity index (χ1n) is 10.6. The van der Waals surface area contributed by atoms with Crippen molar-refractivity contribution in [2.24, 2.45) is 11.3 Å². The van der Waals surface area contributed by atoms with Gasteiger partial charge in [0.15, 0.2) is 0 Å². The lowest BCUT2D eigenvalue weighted by atomic mass is 9.47. The Balaban J connectivity index is 1.59. The summed E-state index contributed by atoms with van der Waals surface area (Å²) in [4.78, 5) is 15.8. The Morgan fingerprint density at radius 2 is 1.86 bits per heavy atom. The highest BCUT2D eigenvalue weighted by atomic mass is 19.2. The predicted octanol–water partition coefficient (Wildman–Crippen LogP) is 4.64. The van der Waals surface area contributed by atoms with E-state index in [2.05, 4.69) is 11.9 Å². The summed E-state index contributed by atoms with van der Waals surface area (Å²) in [5.74, 6) is -0.149. The summed E-state index contributed by atoms with van der Waals surface area (Å²) < 4.78 is 31.0. The Labute approximate surface area is 170 Å². The molecule has 1 aromatic carbocycles. The summed E-state index contributed by atoms with van der Waals surface area (Å²) in [5.41, 5.74) is -0.156. The van der Waals surface area contributed by atoms with Crippen LogP contribution in [-0.2, 0) is 11.2 Å². The molecule has 1 N–H and O–H groups in total. The predicted molar refractivity (Wildman–Crippen MR) is 110 cm³/mol. The van der Waals surface area contributed by atoms with Gasteiger partial charge in [-0.2, -0.15) is 0 Å². The molecule has 4 saturated carbocycles. The normalized spacial score (nSPS) is 37.9. The van der Waals surface area contributed by atoms with Crippen LogP contribution in [0.15, 0.2) is 48.2 Å². The van der Waals surface area contributed by atoms with E-state index in [0.29, 0.717) is 32.2 Å². The lowest BCUT2D eigenvalue weighted by Gasteiger charge is -2.60. The number of amides is 1. The standard InChI is InChI=1S/C24H28F2N2O/c1-3-17-12-28(20-7-5-4-6-18(20)8-19(17)27-2)21(29)22-9-16-10-23(25,13-22)15-24(26,11-16)14-22/h3-7,16,27H,1,8-15H2,2H3. The number of allylic oxidation sites excluding steroid dienone is 1. The molecule has 0 saturated heterocycles. The zero-order valence-electron chi connectivity index (χ0n) is 16.9. The number of anilines is 1. The van der Waals surface area contributed by atoms with Gasteiger partial charge in [-0.15, -0.1) is 0 Å². The van der Waals surface area contributed by atoms with Gasteiger partial charge in [0.05, 0.1) is 12.0 Å².